The van der Waals surface area contributed by atoms with Gasteiger partial charge < -0.3 is 15.5 Å². The summed E-state index contributed by atoms with van der Waals surface area (Å²) in [5, 5.41) is 13.5. The van der Waals surface area contributed by atoms with Crippen LogP contribution in [0.25, 0.3) is 0 Å². The monoisotopic (exact) mass is 395 g/mol. The van der Waals surface area contributed by atoms with Crippen molar-refractivity contribution in [3.8, 4) is 6.07 Å². The van der Waals surface area contributed by atoms with Gasteiger partial charge in [-0.15, -0.1) is 0 Å². The lowest BCUT2D eigenvalue weighted by atomic mass is 10.0. The second-order valence-electron chi connectivity index (χ2n) is 7.37. The van der Waals surface area contributed by atoms with E-state index >= 15 is 0 Å². The van der Waals surface area contributed by atoms with E-state index in [-0.39, 0.29) is 18.2 Å². The molecule has 1 aromatic rings. The van der Waals surface area contributed by atoms with Crippen molar-refractivity contribution in [2.45, 2.75) is 44.1 Å². The molecule has 1 aliphatic heterocycles. The molecule has 2 amide bonds. The fourth-order valence-electron chi connectivity index (χ4n) is 3.18. The molecular weight excluding hydrogens is 366 g/mol. The molecule has 1 aliphatic carbocycles. The van der Waals surface area contributed by atoms with Crippen molar-refractivity contribution >= 4 is 18.5 Å². The van der Waals surface area contributed by atoms with Crippen LogP contribution in [0.4, 0.5) is 0 Å². The van der Waals surface area contributed by atoms with Gasteiger partial charge in [-0.1, -0.05) is 12.1 Å². The Kier molecular flexibility index (Phi) is 9.06. The number of piperidine rings is 1. The van der Waals surface area contributed by atoms with Crippen LogP contribution in [0.2, 0.25) is 0 Å². The van der Waals surface area contributed by atoms with Crippen molar-refractivity contribution in [2.75, 3.05) is 20.1 Å². The van der Waals surface area contributed by atoms with Crippen LogP contribution in [-0.2, 0) is 4.79 Å². The summed E-state index contributed by atoms with van der Waals surface area (Å²) in [4.78, 5) is 28.3. The predicted octanol–water partition coefficient (Wildman–Crippen LogP) is 2.58. The van der Waals surface area contributed by atoms with Gasteiger partial charge in [-0.05, 0) is 69.6 Å². The molecule has 0 spiro atoms. The number of aliphatic imine (C=N–C) groups is 1. The van der Waals surface area contributed by atoms with Gasteiger partial charge in [-0.25, -0.2) is 0 Å². The average Bonchev–Trinajstić information content (AvgIpc) is 3.54. The zero-order chi connectivity index (χ0) is 21.1. The summed E-state index contributed by atoms with van der Waals surface area (Å²) in [6.45, 7) is 5.26. The Morgan fingerprint density at radius 1 is 1.31 bits per heavy atom. The average molecular weight is 396 g/mol. The zero-order valence-electron chi connectivity index (χ0n) is 16.9. The van der Waals surface area contributed by atoms with Crippen molar-refractivity contribution in [2.24, 2.45) is 4.99 Å². The normalized spacial score (nSPS) is 18.8. The van der Waals surface area contributed by atoms with Gasteiger partial charge in [0.05, 0.1) is 6.07 Å². The predicted molar refractivity (Wildman–Crippen MR) is 113 cm³/mol. The van der Waals surface area contributed by atoms with Crippen LogP contribution in [0.15, 0.2) is 41.7 Å². The zero-order valence-corrected chi connectivity index (χ0v) is 16.9. The molecule has 0 bridgehead atoms. The molecule has 154 valence electrons. The van der Waals surface area contributed by atoms with Crippen LogP contribution in [0, 0.1) is 11.3 Å². The summed E-state index contributed by atoms with van der Waals surface area (Å²) in [5.41, 5.74) is 2.17. The van der Waals surface area contributed by atoms with Crippen LogP contribution >= 0.6 is 0 Å². The molecule has 0 aromatic heterocycles. The summed E-state index contributed by atoms with van der Waals surface area (Å²) in [6, 6.07) is 10.2. The van der Waals surface area contributed by atoms with E-state index in [1.807, 2.05) is 12.1 Å². The largest absolute Gasteiger partial charge is 0.348 e. The first-order valence-corrected chi connectivity index (χ1v) is 9.90. The molecule has 3 rings (SSSR count). The van der Waals surface area contributed by atoms with Gasteiger partial charge in [-0.3, -0.25) is 14.6 Å². The quantitative estimate of drug-likeness (QED) is 0.724. The highest BCUT2D eigenvalue weighted by molar-refractivity contribution is 5.94. The summed E-state index contributed by atoms with van der Waals surface area (Å²) in [7, 11) is 2.11. The Hall–Kier alpha value is -2.98. The fraction of sp³-hybridized carbons (Fsp3) is 0.455. The third-order valence-corrected chi connectivity index (χ3v) is 4.85. The van der Waals surface area contributed by atoms with Crippen molar-refractivity contribution in [1.82, 2.24) is 15.5 Å². The fourth-order valence-corrected chi connectivity index (χ4v) is 3.18. The first-order chi connectivity index (χ1) is 14.0. The van der Waals surface area contributed by atoms with E-state index in [4.69, 9.17) is 5.26 Å². The number of nitriles is 1. The van der Waals surface area contributed by atoms with Crippen LogP contribution in [0.1, 0.15) is 53.9 Å². The Labute approximate surface area is 172 Å². The molecule has 1 saturated heterocycles. The third kappa shape index (κ3) is 8.28. The van der Waals surface area contributed by atoms with E-state index in [2.05, 4.69) is 46.4 Å². The van der Waals surface area contributed by atoms with Crippen molar-refractivity contribution in [3.05, 3.63) is 47.8 Å². The van der Waals surface area contributed by atoms with E-state index < -0.39 is 0 Å². The molecule has 1 saturated carbocycles. The smallest absolute Gasteiger partial charge is 0.251 e. The van der Waals surface area contributed by atoms with Gasteiger partial charge in [-0.2, -0.15) is 5.26 Å². The first kappa shape index (κ1) is 22.3. The van der Waals surface area contributed by atoms with Crippen LogP contribution in [0.5, 0.6) is 0 Å². The highest BCUT2D eigenvalue weighted by Gasteiger charge is 2.24. The van der Waals surface area contributed by atoms with Gasteiger partial charge in [0, 0.05) is 30.5 Å². The number of nitrogens with one attached hydrogen (secondary N) is 2. The Balaban J connectivity index is 0.000000257. The number of carbonyl (C=O) groups is 2. The minimum absolute atomic E-state index is 0.0719. The molecule has 2 fully saturated rings. The summed E-state index contributed by atoms with van der Waals surface area (Å²) in [5.74, 6) is 0.481. The van der Waals surface area contributed by atoms with E-state index in [0.29, 0.717) is 6.04 Å². The van der Waals surface area contributed by atoms with Gasteiger partial charge >= 0.3 is 0 Å². The molecule has 7 nitrogen and oxygen atoms in total. The van der Waals surface area contributed by atoms with Gasteiger partial charge in [0.2, 0.25) is 5.91 Å². The van der Waals surface area contributed by atoms with Gasteiger partial charge in [0.25, 0.3) is 5.91 Å². The minimum Gasteiger partial charge on any atom is -0.348 e. The lowest BCUT2D eigenvalue weighted by molar-refractivity contribution is -0.119. The van der Waals surface area contributed by atoms with Crippen molar-refractivity contribution in [3.63, 3.8) is 0 Å². The molecule has 1 atom stereocenters. The molecule has 2 aliphatic rings. The standard InChI is InChI=1S/C16H22N2O.C6H7N3O/c1-18-10-2-3-15(11-18)17-16(19)14-8-6-13(7-9-14)12-4-5-12;1-8-4-5-9-6(10)2-3-7/h6-9,12,15H,2-5,10-11H2,1H3,(H,17,19);4-5H,1-2H2,(H,9,10)/b;5-4-. The number of rotatable bonds is 6. The number of likely N-dealkylation sites (N-methyl/N-ethyl adjacent to an activating group) is 1. The number of hydrogen-bond donors (Lipinski definition) is 2. The molecule has 1 aromatic carbocycles. The summed E-state index contributed by atoms with van der Waals surface area (Å²) in [6.07, 6.45) is 7.39. The Bertz CT molecular complexity index is 762. The van der Waals surface area contributed by atoms with Crippen LogP contribution in [-0.4, -0.2) is 49.6 Å². The number of amides is 2. The Morgan fingerprint density at radius 3 is 2.62 bits per heavy atom. The maximum Gasteiger partial charge on any atom is 0.251 e. The van der Waals surface area contributed by atoms with Crippen molar-refractivity contribution < 1.29 is 9.59 Å². The van der Waals surface area contributed by atoms with Gasteiger partial charge in [0.15, 0.2) is 0 Å². The van der Waals surface area contributed by atoms with Gasteiger partial charge in [0.1, 0.15) is 6.42 Å². The Morgan fingerprint density at radius 2 is 2.03 bits per heavy atom. The molecular formula is C22H29N5O2. The molecule has 1 heterocycles. The molecule has 1 unspecified atom stereocenters. The molecule has 7 heteroatoms. The number of likely N-dealkylation sites (tertiary alicyclic amines) is 1. The number of nitrogens with zero attached hydrogens (tertiary/aromatic N) is 3. The van der Waals surface area contributed by atoms with Crippen molar-refractivity contribution in [1.29, 1.82) is 5.26 Å². The number of benzene rings is 1. The maximum absolute atomic E-state index is 12.2. The van der Waals surface area contributed by atoms with Crippen LogP contribution < -0.4 is 10.6 Å². The SMILES string of the molecule is C=N/C=C\NC(=O)CC#N.CN1CCCC(NC(=O)c2ccc(C3CC3)cc2)C1. The van der Waals surface area contributed by atoms with Crippen LogP contribution in [0.3, 0.4) is 0 Å². The first-order valence-electron chi connectivity index (χ1n) is 9.90. The van der Waals surface area contributed by atoms with E-state index in [1.54, 1.807) is 6.07 Å². The van der Waals surface area contributed by atoms with E-state index in [1.165, 1.54) is 37.2 Å². The molecule has 2 N–H and O–H groups in total. The summed E-state index contributed by atoms with van der Waals surface area (Å²) < 4.78 is 0. The highest BCUT2D eigenvalue weighted by Crippen LogP contribution is 2.39. The minimum atomic E-state index is -0.345. The van der Waals surface area contributed by atoms with E-state index in [0.717, 1.165) is 31.0 Å². The van der Waals surface area contributed by atoms with E-state index in [9.17, 15) is 9.59 Å². The highest BCUT2D eigenvalue weighted by atomic mass is 16.2. The third-order valence-electron chi connectivity index (χ3n) is 4.85. The summed E-state index contributed by atoms with van der Waals surface area (Å²) >= 11 is 0. The maximum atomic E-state index is 12.2. The molecule has 29 heavy (non-hydrogen) atoms. The second kappa shape index (κ2) is 11.8. The number of hydrogen-bond acceptors (Lipinski definition) is 5. The lowest BCUT2D eigenvalue weighted by Crippen LogP contribution is -2.46. The second-order valence-corrected chi connectivity index (χ2v) is 7.37. The number of carbonyl (C=O) groups excluding carboxylic acids is 2. The topological polar surface area (TPSA) is 97.6 Å². The lowest BCUT2D eigenvalue weighted by Gasteiger charge is -2.30. The molecule has 0 radical (unpaired) electrons.